The maximum Gasteiger partial charge on any atom is 0.244 e. The zero-order valence-corrected chi connectivity index (χ0v) is 15.6. The molecule has 0 aliphatic carbocycles. The smallest absolute Gasteiger partial charge is 0.244 e. The molecule has 0 unspecified atom stereocenters. The van der Waals surface area contributed by atoms with Gasteiger partial charge in [0.2, 0.25) is 5.91 Å². The van der Waals surface area contributed by atoms with Gasteiger partial charge in [0.15, 0.2) is 0 Å². The number of likely N-dealkylation sites (N-methyl/N-ethyl adjacent to an activating group) is 2. The fourth-order valence-electron chi connectivity index (χ4n) is 3.09. The molecule has 0 spiro atoms. The van der Waals surface area contributed by atoms with Crippen LogP contribution in [-0.2, 0) is 11.2 Å². The summed E-state index contributed by atoms with van der Waals surface area (Å²) in [5.74, 6) is -0.359. The highest BCUT2D eigenvalue weighted by molar-refractivity contribution is 5.83. The Kier molecular flexibility index (Phi) is 6.31. The average Bonchev–Trinajstić information content (AvgIpc) is 2.86. The summed E-state index contributed by atoms with van der Waals surface area (Å²) in [6.07, 6.45) is 1.73. The minimum atomic E-state index is -0.488. The van der Waals surface area contributed by atoms with E-state index in [1.54, 1.807) is 24.1 Å². The number of carbonyl (C=O) groups excluding carboxylic acids is 1. The van der Waals surface area contributed by atoms with Crippen LogP contribution in [0.3, 0.4) is 0 Å². The molecule has 1 aromatic carbocycles. The van der Waals surface area contributed by atoms with Crippen LogP contribution in [0.2, 0.25) is 0 Å². The van der Waals surface area contributed by atoms with Crippen molar-refractivity contribution in [2.45, 2.75) is 32.7 Å². The largest absolute Gasteiger partial charge is 0.344 e. The molecule has 136 valence electrons. The maximum atomic E-state index is 13.5. The lowest BCUT2D eigenvalue weighted by Gasteiger charge is -2.28. The first-order valence-corrected chi connectivity index (χ1v) is 8.48. The van der Waals surface area contributed by atoms with E-state index in [1.807, 2.05) is 32.8 Å². The summed E-state index contributed by atoms with van der Waals surface area (Å²) in [5.41, 5.74) is 3.98. The summed E-state index contributed by atoms with van der Waals surface area (Å²) in [4.78, 5) is 16.4. The lowest BCUT2D eigenvalue weighted by atomic mass is 10.0. The highest BCUT2D eigenvalue weighted by Crippen LogP contribution is 2.22. The number of aromatic amines is 1. The van der Waals surface area contributed by atoms with Gasteiger partial charge in [0.25, 0.3) is 0 Å². The number of hydrogen-bond donors (Lipinski definition) is 1. The molecule has 25 heavy (non-hydrogen) atoms. The van der Waals surface area contributed by atoms with Crippen LogP contribution in [0.1, 0.15) is 35.0 Å². The molecule has 0 aliphatic heterocycles. The number of aryl methyl sites for hydroxylation is 2. The zero-order chi connectivity index (χ0) is 18.6. The fraction of sp³-hybridized carbons (Fsp3) is 0.474. The van der Waals surface area contributed by atoms with Crippen LogP contribution < -0.4 is 0 Å². The van der Waals surface area contributed by atoms with Gasteiger partial charge in [-0.3, -0.25) is 14.8 Å². The lowest BCUT2D eigenvalue weighted by Crippen LogP contribution is -2.39. The Morgan fingerprint density at radius 3 is 2.56 bits per heavy atom. The number of rotatable bonds is 7. The molecule has 2 aromatic rings. The highest BCUT2D eigenvalue weighted by atomic mass is 19.1. The van der Waals surface area contributed by atoms with Crippen molar-refractivity contribution in [2.75, 3.05) is 27.7 Å². The van der Waals surface area contributed by atoms with E-state index >= 15 is 0 Å². The van der Waals surface area contributed by atoms with Crippen molar-refractivity contribution in [1.29, 1.82) is 0 Å². The number of H-pyrrole nitrogens is 1. The van der Waals surface area contributed by atoms with Gasteiger partial charge < -0.3 is 4.90 Å². The fourth-order valence-corrected chi connectivity index (χ4v) is 3.09. The maximum absolute atomic E-state index is 13.5. The van der Waals surface area contributed by atoms with Crippen molar-refractivity contribution in [3.8, 4) is 0 Å². The monoisotopic (exact) mass is 346 g/mol. The van der Waals surface area contributed by atoms with Crippen molar-refractivity contribution < 1.29 is 9.18 Å². The Morgan fingerprint density at radius 2 is 2.00 bits per heavy atom. The second-order valence-electron chi connectivity index (χ2n) is 6.70. The van der Waals surface area contributed by atoms with E-state index in [0.29, 0.717) is 12.1 Å². The van der Waals surface area contributed by atoms with E-state index in [2.05, 4.69) is 10.2 Å². The molecule has 2 rings (SSSR count). The van der Waals surface area contributed by atoms with Crippen LogP contribution in [0.25, 0.3) is 0 Å². The van der Waals surface area contributed by atoms with E-state index in [4.69, 9.17) is 0 Å². The van der Waals surface area contributed by atoms with E-state index in [0.717, 1.165) is 24.2 Å². The van der Waals surface area contributed by atoms with Crippen LogP contribution in [-0.4, -0.2) is 53.6 Å². The van der Waals surface area contributed by atoms with Gasteiger partial charge in [-0.1, -0.05) is 12.1 Å². The number of benzene rings is 1. The van der Waals surface area contributed by atoms with Gasteiger partial charge in [-0.2, -0.15) is 5.10 Å². The summed E-state index contributed by atoms with van der Waals surface area (Å²) in [6.45, 7) is 4.64. The van der Waals surface area contributed by atoms with Gasteiger partial charge in [-0.25, -0.2) is 4.39 Å². The molecule has 0 saturated heterocycles. The Morgan fingerprint density at radius 1 is 1.28 bits per heavy atom. The number of hydrogen-bond acceptors (Lipinski definition) is 3. The molecular formula is C19H27FN4O. The third-order valence-electron chi connectivity index (χ3n) is 4.49. The number of carbonyl (C=O) groups is 1. The van der Waals surface area contributed by atoms with Crippen molar-refractivity contribution in [3.05, 3.63) is 52.6 Å². The second-order valence-corrected chi connectivity index (χ2v) is 6.70. The van der Waals surface area contributed by atoms with Crippen molar-refractivity contribution in [1.82, 2.24) is 20.0 Å². The van der Waals surface area contributed by atoms with Gasteiger partial charge in [0.1, 0.15) is 11.9 Å². The van der Waals surface area contributed by atoms with Crippen molar-refractivity contribution in [2.24, 2.45) is 0 Å². The first-order chi connectivity index (χ1) is 11.8. The third kappa shape index (κ3) is 4.66. The molecule has 0 fully saturated rings. The first kappa shape index (κ1) is 19.1. The van der Waals surface area contributed by atoms with E-state index < -0.39 is 6.04 Å². The summed E-state index contributed by atoms with van der Waals surface area (Å²) >= 11 is 0. The number of nitrogens with one attached hydrogen (secondary N) is 1. The molecule has 1 atom stereocenters. The van der Waals surface area contributed by atoms with Crippen LogP contribution >= 0.6 is 0 Å². The number of nitrogens with zero attached hydrogens (tertiary/aromatic N) is 3. The van der Waals surface area contributed by atoms with Gasteiger partial charge in [-0.15, -0.1) is 0 Å². The predicted octanol–water partition coefficient (Wildman–Crippen LogP) is 2.86. The van der Waals surface area contributed by atoms with Crippen LogP contribution in [0.4, 0.5) is 4.39 Å². The Bertz CT molecular complexity index is 706. The zero-order valence-electron chi connectivity index (χ0n) is 15.6. The van der Waals surface area contributed by atoms with Crippen LogP contribution in [0.5, 0.6) is 0 Å². The minimum Gasteiger partial charge on any atom is -0.344 e. The molecule has 1 aromatic heterocycles. The average molecular weight is 346 g/mol. The molecule has 0 aliphatic rings. The molecule has 0 bridgehead atoms. The first-order valence-electron chi connectivity index (χ1n) is 8.48. The molecule has 6 heteroatoms. The van der Waals surface area contributed by atoms with Crippen LogP contribution in [0.15, 0.2) is 24.3 Å². The van der Waals surface area contributed by atoms with Crippen molar-refractivity contribution in [3.63, 3.8) is 0 Å². The molecule has 1 N–H and O–H groups in total. The number of amides is 1. The second kappa shape index (κ2) is 8.25. The number of halogens is 1. The molecule has 1 amide bonds. The molecule has 1 heterocycles. The summed E-state index contributed by atoms with van der Waals surface area (Å²) in [6, 6.07) is 5.75. The summed E-state index contributed by atoms with van der Waals surface area (Å²) in [5, 5.41) is 7.19. The van der Waals surface area contributed by atoms with Crippen molar-refractivity contribution >= 4 is 5.91 Å². The van der Waals surface area contributed by atoms with Gasteiger partial charge in [-0.05, 0) is 64.0 Å². The molecule has 0 radical (unpaired) electrons. The minimum absolute atomic E-state index is 0.0313. The quantitative estimate of drug-likeness (QED) is 0.839. The summed E-state index contributed by atoms with van der Waals surface area (Å²) in [7, 11) is 5.46. The number of aromatic nitrogens is 2. The van der Waals surface area contributed by atoms with Crippen LogP contribution in [0, 0.1) is 19.7 Å². The third-order valence-corrected chi connectivity index (χ3v) is 4.49. The lowest BCUT2D eigenvalue weighted by molar-refractivity contribution is -0.135. The molecular weight excluding hydrogens is 319 g/mol. The normalized spacial score (nSPS) is 12.4. The Labute approximate surface area is 148 Å². The Balaban J connectivity index is 2.01. The standard InChI is InChI=1S/C19H27FN4O/c1-13-17(14(2)22-21-13)10-7-11-24(5)19(25)18(23(3)4)15-8-6-9-16(20)12-15/h6,8-9,12,18H,7,10-11H2,1-5H3,(H,21,22)/t18-/m1/s1. The topological polar surface area (TPSA) is 52.2 Å². The SMILES string of the molecule is Cc1n[nH]c(C)c1CCCN(C)C(=O)[C@@H](c1cccc(F)c1)N(C)C. The van der Waals surface area contributed by atoms with E-state index in [9.17, 15) is 9.18 Å². The Hall–Kier alpha value is -2.21. The molecule has 5 nitrogen and oxygen atoms in total. The summed E-state index contributed by atoms with van der Waals surface area (Å²) < 4.78 is 13.5. The van der Waals surface area contributed by atoms with Gasteiger partial charge >= 0.3 is 0 Å². The van der Waals surface area contributed by atoms with Gasteiger partial charge in [0, 0.05) is 19.3 Å². The highest BCUT2D eigenvalue weighted by Gasteiger charge is 2.26. The van der Waals surface area contributed by atoms with Gasteiger partial charge in [0.05, 0.1) is 5.69 Å². The van der Waals surface area contributed by atoms with E-state index in [1.165, 1.54) is 17.7 Å². The molecule has 0 saturated carbocycles. The predicted molar refractivity (Wildman–Crippen MR) is 96.8 cm³/mol. The van der Waals surface area contributed by atoms with E-state index in [-0.39, 0.29) is 11.7 Å².